The van der Waals surface area contributed by atoms with E-state index >= 15 is 0 Å². The van der Waals surface area contributed by atoms with Gasteiger partial charge in [0.25, 0.3) is 0 Å². The van der Waals surface area contributed by atoms with Crippen molar-refractivity contribution in [3.63, 3.8) is 0 Å². The second kappa shape index (κ2) is 9.29. The van der Waals surface area contributed by atoms with Crippen molar-refractivity contribution in [2.45, 2.75) is 38.3 Å². The Morgan fingerprint density at radius 1 is 1.21 bits per heavy atom. The van der Waals surface area contributed by atoms with Crippen LogP contribution >= 0.6 is 0 Å². The van der Waals surface area contributed by atoms with Gasteiger partial charge in [-0.25, -0.2) is 0 Å². The van der Waals surface area contributed by atoms with E-state index in [9.17, 15) is 14.4 Å². The number of hydrogen-bond acceptors (Lipinski definition) is 5. The molecule has 0 heterocycles. The highest BCUT2D eigenvalue weighted by molar-refractivity contribution is 5.90. The van der Waals surface area contributed by atoms with E-state index in [1.165, 1.54) is 6.92 Å². The lowest BCUT2D eigenvalue weighted by Crippen LogP contribution is -2.50. The first-order valence-electron chi connectivity index (χ1n) is 6.14. The minimum atomic E-state index is -1.15. The molecule has 0 radical (unpaired) electrons. The molecule has 0 aliphatic carbocycles. The summed E-state index contributed by atoms with van der Waals surface area (Å²) in [5.74, 6) is -2.15. The van der Waals surface area contributed by atoms with Gasteiger partial charge in [0.05, 0.1) is 6.04 Å². The molecular weight excluding hydrogens is 252 g/mol. The molecule has 0 bridgehead atoms. The monoisotopic (exact) mass is 274 g/mol. The summed E-state index contributed by atoms with van der Waals surface area (Å²) in [4.78, 5) is 33.3. The topological polar surface area (TPSA) is 148 Å². The van der Waals surface area contributed by atoms with Gasteiger partial charge in [-0.2, -0.15) is 0 Å². The number of nitrogens with one attached hydrogen (secondary N) is 2. The van der Waals surface area contributed by atoms with Gasteiger partial charge in [-0.15, -0.1) is 0 Å². The first-order chi connectivity index (χ1) is 8.88. The standard InChI is InChI=1S/C11H22N4O4/c1-7(10(18)14-6-9(16)17)15-11(19)8(13)4-2-3-5-12/h7-8H,2-6,12-13H2,1H3,(H,14,18)(H,15,19)(H,16,17). The predicted molar refractivity (Wildman–Crippen MR) is 69.1 cm³/mol. The number of unbranched alkanes of at least 4 members (excludes halogenated alkanes) is 1. The molecule has 0 saturated carbocycles. The normalized spacial score (nSPS) is 13.4. The minimum absolute atomic E-state index is 0.435. The largest absolute Gasteiger partial charge is 0.480 e. The first kappa shape index (κ1) is 17.3. The van der Waals surface area contributed by atoms with E-state index in [0.29, 0.717) is 13.0 Å². The fourth-order valence-electron chi connectivity index (χ4n) is 1.34. The lowest BCUT2D eigenvalue weighted by atomic mass is 10.1. The molecule has 110 valence electrons. The van der Waals surface area contributed by atoms with Gasteiger partial charge in [0, 0.05) is 0 Å². The average Bonchev–Trinajstić information content (AvgIpc) is 2.35. The predicted octanol–water partition coefficient (Wildman–Crippen LogP) is -1.85. The van der Waals surface area contributed by atoms with Crippen LogP contribution in [-0.2, 0) is 14.4 Å². The highest BCUT2D eigenvalue weighted by atomic mass is 16.4. The summed E-state index contributed by atoms with van der Waals surface area (Å²) < 4.78 is 0. The van der Waals surface area contributed by atoms with Crippen LogP contribution in [0.15, 0.2) is 0 Å². The van der Waals surface area contributed by atoms with E-state index in [-0.39, 0.29) is 0 Å². The van der Waals surface area contributed by atoms with Gasteiger partial charge in [-0.05, 0) is 26.3 Å². The molecule has 2 unspecified atom stereocenters. The van der Waals surface area contributed by atoms with E-state index < -0.39 is 36.4 Å². The zero-order valence-electron chi connectivity index (χ0n) is 11.0. The highest BCUT2D eigenvalue weighted by Gasteiger charge is 2.19. The number of carbonyl (C=O) groups is 3. The van der Waals surface area contributed by atoms with E-state index in [4.69, 9.17) is 16.6 Å². The molecule has 8 heteroatoms. The van der Waals surface area contributed by atoms with Crippen molar-refractivity contribution in [3.8, 4) is 0 Å². The van der Waals surface area contributed by atoms with Gasteiger partial charge >= 0.3 is 5.97 Å². The van der Waals surface area contributed by atoms with Crippen molar-refractivity contribution < 1.29 is 19.5 Å². The fourth-order valence-corrected chi connectivity index (χ4v) is 1.34. The molecule has 0 aliphatic rings. The summed E-state index contributed by atoms with van der Waals surface area (Å²) in [5, 5.41) is 13.0. The van der Waals surface area contributed by atoms with Crippen molar-refractivity contribution in [3.05, 3.63) is 0 Å². The molecule has 2 atom stereocenters. The second-order valence-electron chi connectivity index (χ2n) is 4.23. The van der Waals surface area contributed by atoms with E-state index in [2.05, 4.69) is 10.6 Å². The van der Waals surface area contributed by atoms with Crippen LogP contribution in [-0.4, -0.2) is 48.1 Å². The Morgan fingerprint density at radius 3 is 2.37 bits per heavy atom. The molecule has 0 rings (SSSR count). The molecule has 8 nitrogen and oxygen atoms in total. The summed E-state index contributed by atoms with van der Waals surface area (Å²) in [7, 11) is 0. The van der Waals surface area contributed by atoms with Crippen molar-refractivity contribution >= 4 is 17.8 Å². The maximum atomic E-state index is 11.6. The molecule has 2 amide bonds. The van der Waals surface area contributed by atoms with Crippen LogP contribution in [0.5, 0.6) is 0 Å². The third-order valence-corrected chi connectivity index (χ3v) is 2.47. The Morgan fingerprint density at radius 2 is 1.84 bits per heavy atom. The maximum absolute atomic E-state index is 11.6. The third kappa shape index (κ3) is 8.11. The minimum Gasteiger partial charge on any atom is -0.480 e. The highest BCUT2D eigenvalue weighted by Crippen LogP contribution is 1.98. The van der Waals surface area contributed by atoms with Crippen LogP contribution < -0.4 is 22.1 Å². The van der Waals surface area contributed by atoms with Crippen LogP contribution in [0.2, 0.25) is 0 Å². The molecule has 0 aromatic heterocycles. The van der Waals surface area contributed by atoms with Gasteiger partial charge in [-0.3, -0.25) is 14.4 Å². The Labute approximate surface area is 111 Å². The summed E-state index contributed by atoms with van der Waals surface area (Å²) >= 11 is 0. The maximum Gasteiger partial charge on any atom is 0.322 e. The van der Waals surface area contributed by atoms with Crippen LogP contribution in [0.4, 0.5) is 0 Å². The number of carboxylic acids is 1. The lowest BCUT2D eigenvalue weighted by Gasteiger charge is -2.16. The smallest absolute Gasteiger partial charge is 0.322 e. The lowest BCUT2D eigenvalue weighted by molar-refractivity contribution is -0.138. The zero-order chi connectivity index (χ0) is 14.8. The molecule has 0 spiro atoms. The van der Waals surface area contributed by atoms with Crippen molar-refractivity contribution in [1.82, 2.24) is 10.6 Å². The Hall–Kier alpha value is -1.67. The number of carbonyl (C=O) groups excluding carboxylic acids is 2. The molecule has 0 aromatic rings. The molecule has 7 N–H and O–H groups in total. The van der Waals surface area contributed by atoms with Crippen molar-refractivity contribution in [2.24, 2.45) is 11.5 Å². The first-order valence-corrected chi connectivity index (χ1v) is 6.14. The summed E-state index contributed by atoms with van der Waals surface area (Å²) in [6.07, 6.45) is 2.02. The SMILES string of the molecule is CC(NC(=O)C(N)CCCCN)C(=O)NCC(=O)O. The van der Waals surface area contributed by atoms with Crippen molar-refractivity contribution in [1.29, 1.82) is 0 Å². The molecule has 0 saturated heterocycles. The van der Waals surface area contributed by atoms with Crippen molar-refractivity contribution in [2.75, 3.05) is 13.1 Å². The van der Waals surface area contributed by atoms with Gasteiger partial charge < -0.3 is 27.2 Å². The van der Waals surface area contributed by atoms with Gasteiger partial charge in [-0.1, -0.05) is 6.42 Å². The molecule has 0 aromatic carbocycles. The molecule has 19 heavy (non-hydrogen) atoms. The number of rotatable bonds is 9. The Kier molecular flexibility index (Phi) is 8.47. The molecule has 0 aliphatic heterocycles. The van der Waals surface area contributed by atoms with Crippen LogP contribution in [0, 0.1) is 0 Å². The zero-order valence-corrected chi connectivity index (χ0v) is 11.0. The quantitative estimate of drug-likeness (QED) is 0.312. The summed E-state index contributed by atoms with van der Waals surface area (Å²) in [5.41, 5.74) is 11.0. The van der Waals surface area contributed by atoms with Crippen LogP contribution in [0.25, 0.3) is 0 Å². The van der Waals surface area contributed by atoms with Gasteiger partial charge in [0.1, 0.15) is 12.6 Å². The summed E-state index contributed by atoms with van der Waals surface area (Å²) in [6, 6.07) is -1.52. The van der Waals surface area contributed by atoms with Crippen LogP contribution in [0.3, 0.4) is 0 Å². The molecular formula is C11H22N4O4. The Balaban J connectivity index is 4.02. The van der Waals surface area contributed by atoms with E-state index in [1.54, 1.807) is 0 Å². The van der Waals surface area contributed by atoms with Gasteiger partial charge in [0.2, 0.25) is 11.8 Å². The number of aliphatic carboxylic acids is 1. The van der Waals surface area contributed by atoms with E-state index in [0.717, 1.165) is 12.8 Å². The Bertz CT molecular complexity index is 322. The number of carboxylic acid groups (broad SMARTS) is 1. The fraction of sp³-hybridized carbons (Fsp3) is 0.727. The van der Waals surface area contributed by atoms with Crippen LogP contribution in [0.1, 0.15) is 26.2 Å². The number of nitrogens with two attached hydrogens (primary N) is 2. The number of amides is 2. The second-order valence-corrected chi connectivity index (χ2v) is 4.23. The van der Waals surface area contributed by atoms with Gasteiger partial charge in [0.15, 0.2) is 0 Å². The van der Waals surface area contributed by atoms with E-state index in [1.807, 2.05) is 0 Å². The summed E-state index contributed by atoms with van der Waals surface area (Å²) in [6.45, 7) is 1.52. The molecule has 0 fully saturated rings. The number of hydrogen-bond donors (Lipinski definition) is 5. The third-order valence-electron chi connectivity index (χ3n) is 2.47. The average molecular weight is 274 g/mol.